The van der Waals surface area contributed by atoms with Crippen LogP contribution in [-0.4, -0.2) is 91.1 Å². The van der Waals surface area contributed by atoms with Gasteiger partial charge in [0.2, 0.25) is 0 Å². The Hall–Kier alpha value is -3.34. The molecule has 4 aliphatic heterocycles. The molecule has 4 rings (SSSR count). The van der Waals surface area contributed by atoms with Crippen molar-refractivity contribution in [1.29, 1.82) is 0 Å². The van der Waals surface area contributed by atoms with Crippen LogP contribution in [0.15, 0.2) is 0 Å². The first-order chi connectivity index (χ1) is 16.6. The molecule has 4 saturated heterocycles. The third-order valence-corrected chi connectivity index (χ3v) is 6.09. The van der Waals surface area contributed by atoms with Crippen LogP contribution < -0.4 is 0 Å². The summed E-state index contributed by atoms with van der Waals surface area (Å²) in [5.41, 5.74) is -5.71. The summed E-state index contributed by atoms with van der Waals surface area (Å²) in [7, 11) is 0. The Kier molecular flexibility index (Phi) is 5.78. The molecule has 16 heteroatoms. The number of aliphatic hydroxyl groups excluding tert-OH is 1. The molecule has 1 spiro atoms. The fraction of sp³-hybridized carbons (Fsp3) is 0.700. The van der Waals surface area contributed by atoms with Crippen molar-refractivity contribution in [3.05, 3.63) is 0 Å². The first-order valence-electron chi connectivity index (χ1n) is 10.8. The van der Waals surface area contributed by atoms with Gasteiger partial charge in [0.1, 0.15) is 0 Å². The number of carbonyl (C=O) groups is 6. The molecule has 0 aromatic rings. The van der Waals surface area contributed by atoms with Crippen LogP contribution in [0.2, 0.25) is 0 Å². The van der Waals surface area contributed by atoms with Crippen LogP contribution in [0.25, 0.3) is 0 Å². The van der Waals surface area contributed by atoms with Gasteiger partial charge >= 0.3 is 53.4 Å². The molecule has 36 heavy (non-hydrogen) atoms. The van der Waals surface area contributed by atoms with Gasteiger partial charge in [0, 0.05) is 0 Å². The standard InChI is InChI=1S/C20H22O16/c1-2-3-9(21)4-18-19(32-11(23)6-16(28,14(26)35-18)5-10(22)31-18)20(30)34-13(25)8-17(29,15(27)36-20)7-12(24)33-19/h9,21,28-30H,2-8H2,1H3. The molecule has 4 bridgehead atoms. The average Bonchev–Trinajstić information content (AvgIpc) is 2.81. The number of esters is 6. The predicted molar refractivity (Wildman–Crippen MR) is 101 cm³/mol. The lowest BCUT2D eigenvalue weighted by Crippen LogP contribution is -2.77. The molecule has 4 aliphatic rings. The van der Waals surface area contributed by atoms with E-state index in [1.54, 1.807) is 6.92 Å². The average molecular weight is 518 g/mol. The topological polar surface area (TPSA) is 239 Å². The molecule has 0 amide bonds. The van der Waals surface area contributed by atoms with E-state index in [4.69, 9.17) is 28.4 Å². The third kappa shape index (κ3) is 3.76. The smallest absolute Gasteiger partial charge is 0.414 e. The van der Waals surface area contributed by atoms with E-state index in [9.17, 15) is 49.2 Å². The van der Waals surface area contributed by atoms with Crippen molar-refractivity contribution >= 4 is 35.8 Å². The first-order valence-corrected chi connectivity index (χ1v) is 10.8. The van der Waals surface area contributed by atoms with Crippen molar-refractivity contribution in [1.82, 2.24) is 0 Å². The zero-order chi connectivity index (χ0) is 26.7. The van der Waals surface area contributed by atoms with Gasteiger partial charge in [0.25, 0.3) is 0 Å². The molecule has 16 nitrogen and oxygen atoms in total. The normalized spacial score (nSPS) is 41.2. The highest BCUT2D eigenvalue weighted by Crippen LogP contribution is 2.52. The van der Waals surface area contributed by atoms with Crippen LogP contribution in [0.5, 0.6) is 0 Å². The monoisotopic (exact) mass is 518 g/mol. The molecular weight excluding hydrogens is 496 g/mol. The Morgan fingerprint density at radius 1 is 0.694 bits per heavy atom. The number of ether oxygens (including phenoxy) is 6. The number of carbonyl (C=O) groups excluding carboxylic acids is 6. The van der Waals surface area contributed by atoms with Crippen molar-refractivity contribution in [3.8, 4) is 0 Å². The van der Waals surface area contributed by atoms with Crippen molar-refractivity contribution in [3.63, 3.8) is 0 Å². The summed E-state index contributed by atoms with van der Waals surface area (Å²) in [5, 5.41) is 43.1. The molecule has 198 valence electrons. The number of fused-ring (bicyclic) bond motifs is 8. The summed E-state index contributed by atoms with van der Waals surface area (Å²) < 4.78 is 30.1. The van der Waals surface area contributed by atoms with E-state index < -0.39 is 103 Å². The Morgan fingerprint density at radius 3 is 1.64 bits per heavy atom. The Morgan fingerprint density at radius 2 is 1.14 bits per heavy atom. The van der Waals surface area contributed by atoms with E-state index in [2.05, 4.69) is 0 Å². The zero-order valence-electron chi connectivity index (χ0n) is 18.7. The van der Waals surface area contributed by atoms with Gasteiger partial charge < -0.3 is 48.8 Å². The fourth-order valence-corrected chi connectivity index (χ4v) is 4.46. The zero-order valence-corrected chi connectivity index (χ0v) is 18.7. The first kappa shape index (κ1) is 25.7. The molecule has 6 atom stereocenters. The van der Waals surface area contributed by atoms with Crippen LogP contribution in [0.4, 0.5) is 0 Å². The van der Waals surface area contributed by atoms with E-state index in [1.807, 2.05) is 0 Å². The number of aliphatic hydroxyl groups is 4. The second-order valence-electron chi connectivity index (χ2n) is 9.04. The van der Waals surface area contributed by atoms with Gasteiger partial charge in [0.05, 0.1) is 38.2 Å². The van der Waals surface area contributed by atoms with Gasteiger partial charge in [-0.1, -0.05) is 13.3 Å². The number of hydrogen-bond acceptors (Lipinski definition) is 16. The van der Waals surface area contributed by atoms with Crippen molar-refractivity contribution in [2.75, 3.05) is 0 Å². The minimum Gasteiger partial charge on any atom is -0.414 e. The Balaban J connectivity index is 2.04. The quantitative estimate of drug-likeness (QED) is 0.213. The van der Waals surface area contributed by atoms with E-state index in [0.29, 0.717) is 0 Å². The second-order valence-corrected chi connectivity index (χ2v) is 9.04. The molecular formula is C20H22O16. The van der Waals surface area contributed by atoms with E-state index in [1.165, 1.54) is 0 Å². The summed E-state index contributed by atoms with van der Waals surface area (Å²) in [6.07, 6.45) is -7.51. The molecule has 0 radical (unpaired) electrons. The maximum Gasteiger partial charge on any atom is 0.465 e. The summed E-state index contributed by atoms with van der Waals surface area (Å²) in [6.45, 7) is 1.62. The Labute approximate surface area is 200 Å². The van der Waals surface area contributed by atoms with Crippen molar-refractivity contribution < 1.29 is 77.6 Å². The summed E-state index contributed by atoms with van der Waals surface area (Å²) >= 11 is 0. The molecule has 6 unspecified atom stereocenters. The van der Waals surface area contributed by atoms with Crippen LogP contribution in [-0.2, 0) is 57.2 Å². The van der Waals surface area contributed by atoms with Crippen LogP contribution >= 0.6 is 0 Å². The molecule has 4 heterocycles. The SMILES string of the molecule is CCCC(O)CC12OC(=O)CC(O)(CC(=O)OC13OC(=O)CC1(O)CC(=O)OC3(O)OC1=O)C(=O)O2. The van der Waals surface area contributed by atoms with Gasteiger partial charge in [0.15, 0.2) is 11.2 Å². The molecule has 0 saturated carbocycles. The van der Waals surface area contributed by atoms with E-state index >= 15 is 0 Å². The van der Waals surface area contributed by atoms with Crippen LogP contribution in [0.1, 0.15) is 51.9 Å². The highest BCUT2D eigenvalue weighted by atomic mass is 16.9. The molecule has 4 N–H and O–H groups in total. The number of rotatable bonds is 4. The Bertz CT molecular complexity index is 1040. The van der Waals surface area contributed by atoms with Crippen LogP contribution in [0.3, 0.4) is 0 Å². The van der Waals surface area contributed by atoms with Crippen molar-refractivity contribution in [2.24, 2.45) is 0 Å². The second kappa shape index (κ2) is 8.09. The maximum atomic E-state index is 13.0. The van der Waals surface area contributed by atoms with Gasteiger partial charge in [-0.15, -0.1) is 0 Å². The van der Waals surface area contributed by atoms with Crippen molar-refractivity contribution in [2.45, 2.75) is 86.7 Å². The van der Waals surface area contributed by atoms with Crippen LogP contribution in [0, 0.1) is 0 Å². The lowest BCUT2D eigenvalue weighted by Gasteiger charge is -2.50. The largest absolute Gasteiger partial charge is 0.465 e. The minimum absolute atomic E-state index is 0.0865. The predicted octanol–water partition coefficient (Wildman–Crippen LogP) is -3.09. The summed E-state index contributed by atoms with van der Waals surface area (Å²) in [4.78, 5) is 76.5. The molecule has 0 aliphatic carbocycles. The molecule has 0 aromatic carbocycles. The lowest BCUT2D eigenvalue weighted by atomic mass is 9.90. The maximum absolute atomic E-state index is 13.0. The summed E-state index contributed by atoms with van der Waals surface area (Å²) in [6, 6.07) is 0. The lowest BCUT2D eigenvalue weighted by molar-refractivity contribution is -0.502. The van der Waals surface area contributed by atoms with E-state index in [0.717, 1.165) is 0 Å². The molecule has 0 aromatic heterocycles. The van der Waals surface area contributed by atoms with Gasteiger partial charge in [-0.25, -0.2) is 9.59 Å². The van der Waals surface area contributed by atoms with Gasteiger partial charge in [-0.05, 0) is 6.42 Å². The minimum atomic E-state index is -4.02. The van der Waals surface area contributed by atoms with E-state index in [-0.39, 0.29) is 12.8 Å². The highest BCUT2D eigenvalue weighted by Gasteiger charge is 2.84. The highest BCUT2D eigenvalue weighted by molar-refractivity contribution is 5.94. The molecule has 4 fully saturated rings. The fourth-order valence-electron chi connectivity index (χ4n) is 4.46. The third-order valence-electron chi connectivity index (χ3n) is 6.09. The number of hydrogen-bond donors (Lipinski definition) is 4. The van der Waals surface area contributed by atoms with Gasteiger partial charge in [-0.2, -0.15) is 0 Å². The summed E-state index contributed by atoms with van der Waals surface area (Å²) in [5.74, 6) is -21.0. The van der Waals surface area contributed by atoms with Gasteiger partial charge in [-0.3, -0.25) is 19.2 Å².